The summed E-state index contributed by atoms with van der Waals surface area (Å²) in [5.41, 5.74) is 14.7. The minimum absolute atomic E-state index is 0. The molecule has 0 fully saturated rings. The molecule has 0 saturated heterocycles. The Morgan fingerprint density at radius 3 is 0.439 bits per heavy atom. The maximum Gasteiger partial charge on any atom is 0.173 e. The fourth-order valence-electron chi connectivity index (χ4n) is 12.1. The van der Waals surface area contributed by atoms with Crippen LogP contribution < -0.4 is 53.0 Å². The van der Waals surface area contributed by atoms with E-state index in [1.165, 1.54) is 122 Å². The molecule has 0 aliphatic carbocycles. The van der Waals surface area contributed by atoms with Crippen LogP contribution >= 0.6 is 86.3 Å². The van der Waals surface area contributed by atoms with Crippen molar-refractivity contribution in [1.29, 1.82) is 0 Å². The summed E-state index contributed by atoms with van der Waals surface area (Å²) in [6.45, 7) is 22.0. The first-order chi connectivity index (χ1) is 46.7. The number of hydrogen-bond acceptors (Lipinski definition) is 0. The van der Waals surface area contributed by atoms with Crippen molar-refractivity contribution in [3.8, 4) is 0 Å². The molecule has 0 bridgehead atoms. The van der Waals surface area contributed by atoms with Gasteiger partial charge in [0.1, 0.15) is 90.0 Å². The van der Waals surface area contributed by atoms with Gasteiger partial charge in [0.2, 0.25) is 0 Å². The first kappa shape index (κ1) is 86.0. The van der Waals surface area contributed by atoms with Gasteiger partial charge < -0.3 is 0 Å². The molecular formula is C84H94Ag2Cl4P6Rh2+6. The van der Waals surface area contributed by atoms with E-state index >= 15 is 0 Å². The normalized spacial score (nSPS) is 10.7. The molecule has 12 aromatic carbocycles. The van der Waals surface area contributed by atoms with Crippen LogP contribution in [0.1, 0.15) is 55.6 Å². The van der Waals surface area contributed by atoms with Crippen LogP contribution in [0.2, 0.25) is 0 Å². The largest absolute Gasteiger partial charge is 0.173 e. The Hall–Kier alpha value is -2.63. The Morgan fingerprint density at radius 1 is 0.224 bits per heavy atom. The second-order valence-corrected chi connectivity index (χ2v) is 46.5. The van der Waals surface area contributed by atoms with Gasteiger partial charge in [-0.15, -0.1) is 0 Å². The third-order valence-corrected chi connectivity index (χ3v) is 41.6. The molecular weight excluding hydrogens is 1760 g/mol. The summed E-state index contributed by atoms with van der Waals surface area (Å²) in [4.78, 5) is 0. The van der Waals surface area contributed by atoms with Crippen LogP contribution in [0.4, 0.5) is 0 Å². The van der Waals surface area contributed by atoms with Crippen molar-refractivity contribution in [2.24, 2.45) is 0 Å². The zero-order valence-electron chi connectivity index (χ0n) is 57.5. The van der Waals surface area contributed by atoms with E-state index in [4.69, 9.17) is 38.8 Å². The van der Waals surface area contributed by atoms with Gasteiger partial charge in [0, 0.05) is 0 Å². The van der Waals surface area contributed by atoms with E-state index in [1.807, 2.05) is 0 Å². The Morgan fingerprint density at radius 2 is 0.337 bits per heavy atom. The summed E-state index contributed by atoms with van der Waals surface area (Å²) in [6, 6.07) is 113. The standard InChI is InChI=1S/2C32H29P3.2C10H15.2Ag.4ClH.2Rh/c2*1-6-16-28(17-7-1)33(26-34(29-18-8-2-9-19-29)30-20-10-3-11-21-30)27-35(31-22-12-4-13-23-31)32-24-14-5-15-25-32;2*1-6-7(2)9(4)10(5)8(6)3;;;;;;;;/h2*1-25H,26-27H2;2*1-5H3;;;4*1H;;/q;;2*-1;2*+1;;;;;2*+2/p+2. The van der Waals surface area contributed by atoms with Crippen LogP contribution in [0.5, 0.6) is 0 Å². The smallest absolute Gasteiger partial charge is 0.0620 e. The first-order valence-electron chi connectivity index (χ1n) is 32.4. The fourth-order valence-corrected chi connectivity index (χ4v) is 39.4. The molecule has 98 heavy (non-hydrogen) atoms. The zero-order chi connectivity index (χ0) is 68.6. The molecule has 0 atom stereocenters. The number of hydrogen-bond donors (Lipinski definition) is 0. The summed E-state index contributed by atoms with van der Waals surface area (Å²) in [5, 5.41) is 15.3. The van der Waals surface area contributed by atoms with Gasteiger partial charge in [-0.3, -0.25) is 0 Å². The third-order valence-electron chi connectivity index (χ3n) is 18.5. The maximum atomic E-state index is 4.83. The van der Waals surface area contributed by atoms with Crippen LogP contribution in [-0.4, -0.2) is 23.6 Å². The molecule has 0 nitrogen and oxygen atoms in total. The second kappa shape index (κ2) is 47.7. The Kier molecular flexibility index (Phi) is 41.8. The SMILES string of the molecule is Cc1c(C)c(C)[c-](C)c1C.Cc1c(C)c(C)[c-](C)c1C.[Ag+].[Ag+].[Cl][Rh][Cl].[Cl][Rh][Cl].c1ccc([PH+](C[PH+](c2ccccc2)c2ccccc2)C[PH+](c2ccccc2)c2ccccc2)cc1.c1ccc([PH+](C[PH+](c2ccccc2)c2ccccc2)C[PH+](c2ccccc2)c2ccccc2)cc1. The van der Waals surface area contributed by atoms with Gasteiger partial charge in [-0.25, -0.2) is 0 Å². The summed E-state index contributed by atoms with van der Waals surface area (Å²) in [6.07, 6.45) is 0. The topological polar surface area (TPSA) is 0 Å². The van der Waals surface area contributed by atoms with Crippen molar-refractivity contribution >= 4 is 139 Å². The average molecular weight is 1850 g/mol. The number of halogens is 4. The van der Waals surface area contributed by atoms with Crippen LogP contribution in [0.3, 0.4) is 0 Å². The van der Waals surface area contributed by atoms with Crippen molar-refractivity contribution < 1.29 is 75.1 Å². The molecule has 0 aliphatic heterocycles. The van der Waals surface area contributed by atoms with Crippen molar-refractivity contribution in [3.05, 3.63) is 359 Å². The second-order valence-electron chi connectivity index (χ2n) is 23.8. The van der Waals surface area contributed by atoms with Gasteiger partial charge in [-0.2, -0.15) is 55.6 Å². The van der Waals surface area contributed by atoms with E-state index in [-0.39, 0.29) is 75.1 Å². The first-order valence-corrected chi connectivity index (χ1v) is 51.5. The van der Waals surface area contributed by atoms with Crippen molar-refractivity contribution in [2.45, 2.75) is 69.2 Å². The van der Waals surface area contributed by atoms with Crippen LogP contribution in [0, 0.1) is 69.2 Å². The molecule has 14 heteroatoms. The molecule has 0 aliphatic rings. The molecule has 12 rings (SSSR count). The number of rotatable bonds is 18. The van der Waals surface area contributed by atoms with Crippen LogP contribution in [0.15, 0.2) is 303 Å². The average Bonchev–Trinajstić information content (AvgIpc) is 1.77. The van der Waals surface area contributed by atoms with Gasteiger partial charge in [0.15, 0.2) is 23.6 Å². The van der Waals surface area contributed by atoms with E-state index < -0.39 is 47.5 Å². The van der Waals surface area contributed by atoms with Crippen molar-refractivity contribution in [2.75, 3.05) is 23.6 Å². The zero-order valence-corrected chi connectivity index (χ0v) is 72.7. The summed E-state index contributed by atoms with van der Waals surface area (Å²) >= 11 is -0.451. The van der Waals surface area contributed by atoms with Crippen LogP contribution in [-0.2, 0) is 75.1 Å². The summed E-state index contributed by atoms with van der Waals surface area (Å²) in [7, 11) is 14.1. The summed E-state index contributed by atoms with van der Waals surface area (Å²) < 4.78 is 0. The molecule has 12 aromatic rings. The molecule has 0 amide bonds. The maximum absolute atomic E-state index is 4.83. The van der Waals surface area contributed by atoms with Gasteiger partial charge in [0.25, 0.3) is 0 Å². The molecule has 0 radical (unpaired) electrons. The molecule has 0 saturated carbocycles. The Labute approximate surface area is 658 Å². The molecule has 0 unspecified atom stereocenters. The van der Waals surface area contributed by atoms with E-state index in [0.29, 0.717) is 0 Å². The van der Waals surface area contributed by atoms with Gasteiger partial charge in [-0.05, 0) is 121 Å². The third kappa shape index (κ3) is 26.5. The number of benzene rings is 10. The minimum Gasteiger partial charge on any atom is -0.0620 e. The van der Waals surface area contributed by atoms with Crippen molar-refractivity contribution in [1.82, 2.24) is 0 Å². The van der Waals surface area contributed by atoms with E-state index in [9.17, 15) is 0 Å². The van der Waals surface area contributed by atoms with Gasteiger partial charge in [-0.1, -0.05) is 251 Å². The minimum atomic E-state index is -0.892. The van der Waals surface area contributed by atoms with Gasteiger partial charge >= 0.3 is 114 Å². The van der Waals surface area contributed by atoms with E-state index in [2.05, 4.69) is 373 Å². The Bertz CT molecular complexity index is 3320. The predicted molar refractivity (Wildman–Crippen MR) is 445 cm³/mol. The predicted octanol–water partition coefficient (Wildman–Crippen LogP) is 21.0. The van der Waals surface area contributed by atoms with Crippen molar-refractivity contribution in [3.63, 3.8) is 0 Å². The fraction of sp³-hybridized carbons (Fsp3) is 0.167. The Balaban J connectivity index is 0.000000256. The molecule has 522 valence electrons. The monoisotopic (exact) mass is 1850 g/mol. The molecule has 0 spiro atoms. The van der Waals surface area contributed by atoms with E-state index in [1.54, 1.807) is 10.6 Å². The molecule has 0 N–H and O–H groups in total. The van der Waals surface area contributed by atoms with Gasteiger partial charge in [0.05, 0.1) is 10.6 Å². The quantitative estimate of drug-likeness (QED) is 0.0456. The van der Waals surface area contributed by atoms with Crippen LogP contribution in [0.25, 0.3) is 0 Å². The summed E-state index contributed by atoms with van der Waals surface area (Å²) in [5.74, 6) is 5.17. The molecule has 0 heterocycles. The van der Waals surface area contributed by atoms with E-state index in [0.717, 1.165) is 0 Å². The molecule has 0 aromatic heterocycles.